The standard InChI is InChI=1S/C26H33N5O5/c1-26(2,3)36-25(34)30-19-13-20-16-35-21-5-4-10-28-23(21)17-6-8-18(9-7-17)24(33)29-12-11-27-14-22(32)31(20)15-19/h4-10,19-20,27H,11-16H2,1-3H3,(H,29,33)(H,30,34)/t19-,20-/m0/s1. The van der Waals surface area contributed by atoms with E-state index in [1.54, 1.807) is 50.1 Å². The smallest absolute Gasteiger partial charge is 0.407 e. The van der Waals surface area contributed by atoms with Gasteiger partial charge in [0, 0.05) is 37.0 Å². The lowest BCUT2D eigenvalue weighted by molar-refractivity contribution is -0.131. The van der Waals surface area contributed by atoms with Crippen molar-refractivity contribution in [1.82, 2.24) is 25.8 Å². The van der Waals surface area contributed by atoms with E-state index >= 15 is 0 Å². The van der Waals surface area contributed by atoms with Gasteiger partial charge in [0.15, 0.2) is 0 Å². The predicted molar refractivity (Wildman–Crippen MR) is 134 cm³/mol. The third kappa shape index (κ3) is 6.51. The normalized spacial score (nSPS) is 21.0. The average Bonchev–Trinajstić information content (AvgIpc) is 3.23. The third-order valence-corrected chi connectivity index (χ3v) is 5.94. The zero-order chi connectivity index (χ0) is 25.7. The fraction of sp³-hybridized carbons (Fsp3) is 0.462. The topological polar surface area (TPSA) is 122 Å². The zero-order valence-corrected chi connectivity index (χ0v) is 20.9. The summed E-state index contributed by atoms with van der Waals surface area (Å²) in [6, 6.07) is 10.3. The first-order valence-electron chi connectivity index (χ1n) is 12.2. The SMILES string of the molecule is CC(C)(C)OC(=O)N[C@H]1C[C@H]2COc3cccnc3-c3ccc(cc3)C(=O)NCCNCC(=O)N2C1. The minimum absolute atomic E-state index is 0.105. The Balaban J connectivity index is 1.55. The predicted octanol–water partition coefficient (Wildman–Crippen LogP) is 1.95. The number of ether oxygens (including phenoxy) is 2. The van der Waals surface area contributed by atoms with E-state index < -0.39 is 11.7 Å². The van der Waals surface area contributed by atoms with Crippen LogP contribution in [0.5, 0.6) is 5.75 Å². The molecule has 1 aromatic carbocycles. The van der Waals surface area contributed by atoms with Gasteiger partial charge in [-0.2, -0.15) is 0 Å². The number of carbonyl (C=O) groups excluding carboxylic acids is 3. The number of hydrogen-bond donors (Lipinski definition) is 3. The van der Waals surface area contributed by atoms with Crippen molar-refractivity contribution in [3.05, 3.63) is 48.2 Å². The molecule has 4 heterocycles. The number of pyridine rings is 1. The van der Waals surface area contributed by atoms with Gasteiger partial charge < -0.3 is 30.3 Å². The van der Waals surface area contributed by atoms with Crippen LogP contribution in [0.2, 0.25) is 0 Å². The van der Waals surface area contributed by atoms with Gasteiger partial charge in [-0.05, 0) is 51.5 Å². The minimum Gasteiger partial charge on any atom is -0.489 e. The Hall–Kier alpha value is -3.66. The van der Waals surface area contributed by atoms with Gasteiger partial charge in [-0.1, -0.05) is 12.1 Å². The van der Waals surface area contributed by atoms with Crippen LogP contribution < -0.4 is 20.7 Å². The Morgan fingerprint density at radius 1 is 1.14 bits per heavy atom. The zero-order valence-electron chi connectivity index (χ0n) is 20.9. The Bertz CT molecular complexity index is 1100. The van der Waals surface area contributed by atoms with Crippen molar-refractivity contribution in [2.45, 2.75) is 44.9 Å². The molecule has 0 saturated carbocycles. The molecule has 3 aliphatic rings. The van der Waals surface area contributed by atoms with Gasteiger partial charge in [-0.3, -0.25) is 14.6 Å². The number of aromatic nitrogens is 1. The number of fused-ring (bicyclic) bond motifs is 9. The Morgan fingerprint density at radius 3 is 2.64 bits per heavy atom. The first-order valence-corrected chi connectivity index (χ1v) is 12.2. The molecule has 5 rings (SSSR count). The fourth-order valence-corrected chi connectivity index (χ4v) is 4.31. The van der Waals surface area contributed by atoms with Crippen LogP contribution in [0, 0.1) is 0 Å². The first-order chi connectivity index (χ1) is 17.2. The van der Waals surface area contributed by atoms with E-state index in [-0.39, 0.29) is 37.0 Å². The van der Waals surface area contributed by atoms with Crippen molar-refractivity contribution in [1.29, 1.82) is 0 Å². The lowest BCUT2D eigenvalue weighted by atomic mass is 10.1. The van der Waals surface area contributed by atoms with Crippen molar-refractivity contribution in [2.75, 3.05) is 32.8 Å². The third-order valence-electron chi connectivity index (χ3n) is 5.94. The van der Waals surface area contributed by atoms with Gasteiger partial charge >= 0.3 is 6.09 Å². The van der Waals surface area contributed by atoms with E-state index in [9.17, 15) is 14.4 Å². The number of alkyl carbamates (subject to hydrolysis) is 1. The molecule has 0 unspecified atom stereocenters. The number of nitrogens with zero attached hydrogens (tertiary/aromatic N) is 2. The van der Waals surface area contributed by atoms with Crippen LogP contribution in [0.1, 0.15) is 37.6 Å². The molecule has 2 atom stereocenters. The van der Waals surface area contributed by atoms with E-state index in [0.29, 0.717) is 43.1 Å². The Morgan fingerprint density at radius 2 is 1.89 bits per heavy atom. The average molecular weight is 496 g/mol. The summed E-state index contributed by atoms with van der Waals surface area (Å²) in [6.07, 6.45) is 1.71. The molecule has 2 bridgehead atoms. The van der Waals surface area contributed by atoms with Crippen LogP contribution in [-0.4, -0.2) is 78.3 Å². The second kappa shape index (κ2) is 10.9. The molecule has 3 N–H and O–H groups in total. The number of nitrogens with one attached hydrogen (secondary N) is 3. The highest BCUT2D eigenvalue weighted by Crippen LogP contribution is 2.29. The van der Waals surface area contributed by atoms with Crippen molar-refractivity contribution in [3.8, 4) is 17.0 Å². The summed E-state index contributed by atoms with van der Waals surface area (Å²) in [5.41, 5.74) is 1.39. The van der Waals surface area contributed by atoms with E-state index in [1.807, 2.05) is 18.2 Å². The highest BCUT2D eigenvalue weighted by atomic mass is 16.6. The Labute approximate surface area is 210 Å². The van der Waals surface area contributed by atoms with E-state index in [0.717, 1.165) is 5.56 Å². The summed E-state index contributed by atoms with van der Waals surface area (Å²) in [5.74, 6) is 0.284. The highest BCUT2D eigenvalue weighted by molar-refractivity contribution is 5.94. The summed E-state index contributed by atoms with van der Waals surface area (Å²) < 4.78 is 11.6. The molecule has 0 aliphatic carbocycles. The summed E-state index contributed by atoms with van der Waals surface area (Å²) in [5, 5.41) is 8.82. The molecule has 0 spiro atoms. The van der Waals surface area contributed by atoms with Crippen LogP contribution in [-0.2, 0) is 9.53 Å². The minimum atomic E-state index is -0.614. The van der Waals surface area contributed by atoms with Crippen LogP contribution in [0.4, 0.5) is 4.79 Å². The molecule has 10 nitrogen and oxygen atoms in total. The maximum Gasteiger partial charge on any atom is 0.407 e. The second-order valence-electron chi connectivity index (χ2n) is 9.95. The van der Waals surface area contributed by atoms with Crippen LogP contribution >= 0.6 is 0 Å². The van der Waals surface area contributed by atoms with Gasteiger partial charge in [0.2, 0.25) is 5.91 Å². The fourth-order valence-electron chi connectivity index (χ4n) is 4.31. The molecule has 10 heteroatoms. The molecule has 192 valence electrons. The molecule has 2 aromatic rings. The van der Waals surface area contributed by atoms with Gasteiger partial charge in [0.05, 0.1) is 18.6 Å². The summed E-state index contributed by atoms with van der Waals surface area (Å²) in [4.78, 5) is 44.1. The van der Waals surface area contributed by atoms with Gasteiger partial charge in [0.1, 0.15) is 23.7 Å². The molecule has 3 aliphatic heterocycles. The molecule has 36 heavy (non-hydrogen) atoms. The number of benzene rings is 1. The van der Waals surface area contributed by atoms with Crippen LogP contribution in [0.25, 0.3) is 11.3 Å². The Kier molecular flexibility index (Phi) is 7.73. The maximum atomic E-state index is 13.1. The van der Waals surface area contributed by atoms with Crippen LogP contribution in [0.3, 0.4) is 0 Å². The lowest BCUT2D eigenvalue weighted by Gasteiger charge is -2.25. The summed E-state index contributed by atoms with van der Waals surface area (Å²) in [7, 11) is 0. The number of hydrogen-bond acceptors (Lipinski definition) is 7. The van der Waals surface area contributed by atoms with E-state index in [4.69, 9.17) is 9.47 Å². The summed E-state index contributed by atoms with van der Waals surface area (Å²) >= 11 is 0. The van der Waals surface area contributed by atoms with Gasteiger partial charge in [-0.15, -0.1) is 0 Å². The molecule has 1 aromatic heterocycles. The largest absolute Gasteiger partial charge is 0.489 e. The molecule has 0 radical (unpaired) electrons. The number of amides is 3. The lowest BCUT2D eigenvalue weighted by Crippen LogP contribution is -2.45. The van der Waals surface area contributed by atoms with Gasteiger partial charge in [-0.25, -0.2) is 4.79 Å². The van der Waals surface area contributed by atoms with Crippen molar-refractivity contribution in [2.24, 2.45) is 0 Å². The van der Waals surface area contributed by atoms with Crippen molar-refractivity contribution < 1.29 is 23.9 Å². The number of rotatable bonds is 1. The summed E-state index contributed by atoms with van der Waals surface area (Å²) in [6.45, 7) is 6.95. The highest BCUT2D eigenvalue weighted by Gasteiger charge is 2.37. The monoisotopic (exact) mass is 495 g/mol. The van der Waals surface area contributed by atoms with Crippen LogP contribution in [0.15, 0.2) is 42.6 Å². The maximum absolute atomic E-state index is 13.1. The number of carbonyl (C=O) groups is 3. The van der Waals surface area contributed by atoms with Gasteiger partial charge in [0.25, 0.3) is 5.91 Å². The van der Waals surface area contributed by atoms with E-state index in [2.05, 4.69) is 20.9 Å². The second-order valence-corrected chi connectivity index (χ2v) is 9.95. The first kappa shape index (κ1) is 25.4. The van der Waals surface area contributed by atoms with Crippen molar-refractivity contribution >= 4 is 17.9 Å². The molecular formula is C26H33N5O5. The molecular weight excluding hydrogens is 462 g/mol. The molecule has 1 fully saturated rings. The van der Waals surface area contributed by atoms with Crippen molar-refractivity contribution in [3.63, 3.8) is 0 Å². The van der Waals surface area contributed by atoms with E-state index in [1.165, 1.54) is 0 Å². The molecule has 3 amide bonds. The quantitative estimate of drug-likeness (QED) is 0.553. The molecule has 1 saturated heterocycles.